The number of carbonyl (C=O) groups excluding carboxylic acids is 2. The Morgan fingerprint density at radius 1 is 1.04 bits per heavy atom. The molecule has 0 aliphatic carbocycles. The molecule has 0 unspecified atom stereocenters. The Bertz CT molecular complexity index is 705. The molecule has 1 amide bonds. The molecule has 1 aromatic carbocycles. The largest absolute Gasteiger partial charge is 0.452 e. The molecule has 1 aliphatic heterocycles. The van der Waals surface area contributed by atoms with Gasteiger partial charge in [-0.25, -0.2) is 13.2 Å². The predicted molar refractivity (Wildman–Crippen MR) is 92.6 cm³/mol. The molecule has 0 N–H and O–H groups in total. The number of esters is 1. The minimum atomic E-state index is -3.54. The first-order valence-corrected chi connectivity index (χ1v) is 9.74. The molecule has 8 heteroatoms. The third-order valence-corrected chi connectivity index (χ3v) is 6.03. The van der Waals surface area contributed by atoms with Crippen molar-refractivity contribution in [3.63, 3.8) is 0 Å². The van der Waals surface area contributed by atoms with E-state index >= 15 is 0 Å². The van der Waals surface area contributed by atoms with Crippen LogP contribution in [0.2, 0.25) is 0 Å². The van der Waals surface area contributed by atoms with Gasteiger partial charge in [0.05, 0.1) is 10.5 Å². The summed E-state index contributed by atoms with van der Waals surface area (Å²) >= 11 is 0. The SMILES string of the molecule is CN(C)C(=O)COC(=O)c1ccc(S(=O)(=O)N2CCCCCC2)cc1. The van der Waals surface area contributed by atoms with Crippen LogP contribution in [0.4, 0.5) is 0 Å². The van der Waals surface area contributed by atoms with Crippen LogP contribution in [0.15, 0.2) is 29.2 Å². The maximum atomic E-state index is 12.7. The Balaban J connectivity index is 2.05. The lowest BCUT2D eigenvalue weighted by atomic mass is 10.2. The highest BCUT2D eigenvalue weighted by Gasteiger charge is 2.25. The molecule has 0 bridgehead atoms. The summed E-state index contributed by atoms with van der Waals surface area (Å²) in [5, 5.41) is 0. The fourth-order valence-corrected chi connectivity index (χ4v) is 4.05. The Hall–Kier alpha value is -1.93. The average molecular weight is 368 g/mol. The van der Waals surface area contributed by atoms with Crippen LogP contribution in [0.1, 0.15) is 36.0 Å². The molecule has 138 valence electrons. The third kappa shape index (κ3) is 5.02. The molecule has 1 aromatic rings. The van der Waals surface area contributed by atoms with Gasteiger partial charge >= 0.3 is 5.97 Å². The number of sulfonamides is 1. The Morgan fingerprint density at radius 3 is 2.12 bits per heavy atom. The van der Waals surface area contributed by atoms with Gasteiger partial charge in [-0.15, -0.1) is 0 Å². The molecular formula is C17H24N2O5S. The van der Waals surface area contributed by atoms with Gasteiger partial charge in [0.15, 0.2) is 6.61 Å². The van der Waals surface area contributed by atoms with Crippen molar-refractivity contribution >= 4 is 21.9 Å². The zero-order valence-corrected chi connectivity index (χ0v) is 15.4. The summed E-state index contributed by atoms with van der Waals surface area (Å²) in [5.41, 5.74) is 0.210. The first kappa shape index (κ1) is 19.4. The van der Waals surface area contributed by atoms with Crippen LogP contribution in [0.5, 0.6) is 0 Å². The van der Waals surface area contributed by atoms with Crippen LogP contribution in [-0.4, -0.2) is 63.3 Å². The average Bonchev–Trinajstić information content (AvgIpc) is 2.89. The van der Waals surface area contributed by atoms with Gasteiger partial charge in [0.1, 0.15) is 0 Å². The smallest absolute Gasteiger partial charge is 0.338 e. The van der Waals surface area contributed by atoms with Crippen LogP contribution >= 0.6 is 0 Å². The van der Waals surface area contributed by atoms with Crippen LogP contribution in [0.3, 0.4) is 0 Å². The van der Waals surface area contributed by atoms with E-state index in [2.05, 4.69) is 0 Å². The van der Waals surface area contributed by atoms with Crippen molar-refractivity contribution in [2.24, 2.45) is 0 Å². The molecule has 1 saturated heterocycles. The molecule has 0 spiro atoms. The van der Waals surface area contributed by atoms with E-state index in [0.29, 0.717) is 13.1 Å². The summed E-state index contributed by atoms with van der Waals surface area (Å²) in [4.78, 5) is 24.8. The van der Waals surface area contributed by atoms with Gasteiger partial charge in [-0.3, -0.25) is 4.79 Å². The minimum Gasteiger partial charge on any atom is -0.452 e. The number of hydrogen-bond donors (Lipinski definition) is 0. The number of carbonyl (C=O) groups is 2. The van der Waals surface area contributed by atoms with Gasteiger partial charge < -0.3 is 9.64 Å². The van der Waals surface area contributed by atoms with Gasteiger partial charge in [0.25, 0.3) is 5.91 Å². The molecule has 1 aliphatic rings. The monoisotopic (exact) mass is 368 g/mol. The number of amides is 1. The second-order valence-corrected chi connectivity index (χ2v) is 8.14. The van der Waals surface area contributed by atoms with E-state index in [4.69, 9.17) is 4.74 Å². The molecule has 1 fully saturated rings. The van der Waals surface area contributed by atoms with Gasteiger partial charge in [0, 0.05) is 27.2 Å². The Labute approximate surface area is 148 Å². The van der Waals surface area contributed by atoms with Gasteiger partial charge in [0.2, 0.25) is 10.0 Å². The van der Waals surface area contributed by atoms with Crippen LogP contribution in [-0.2, 0) is 19.6 Å². The van der Waals surface area contributed by atoms with Crippen LogP contribution in [0, 0.1) is 0 Å². The number of ether oxygens (including phenoxy) is 1. The Kier molecular flexibility index (Phi) is 6.55. The second kappa shape index (κ2) is 8.44. The Morgan fingerprint density at radius 2 is 1.60 bits per heavy atom. The molecule has 0 atom stereocenters. The van der Waals surface area contributed by atoms with Crippen molar-refractivity contribution in [1.29, 1.82) is 0 Å². The quantitative estimate of drug-likeness (QED) is 0.736. The molecule has 2 rings (SSSR count). The first-order chi connectivity index (χ1) is 11.8. The van der Waals surface area contributed by atoms with Gasteiger partial charge in [-0.2, -0.15) is 4.31 Å². The van der Waals surface area contributed by atoms with Gasteiger partial charge in [-0.05, 0) is 37.1 Å². The number of hydrogen-bond acceptors (Lipinski definition) is 5. The molecule has 1 heterocycles. The third-order valence-electron chi connectivity index (χ3n) is 4.12. The lowest BCUT2D eigenvalue weighted by Gasteiger charge is -2.20. The first-order valence-electron chi connectivity index (χ1n) is 8.30. The maximum Gasteiger partial charge on any atom is 0.338 e. The van der Waals surface area contributed by atoms with Crippen LogP contribution < -0.4 is 0 Å². The number of benzene rings is 1. The molecule has 7 nitrogen and oxygen atoms in total. The van der Waals surface area contributed by atoms with Crippen molar-refractivity contribution in [3.8, 4) is 0 Å². The van der Waals surface area contributed by atoms with Crippen molar-refractivity contribution in [1.82, 2.24) is 9.21 Å². The highest BCUT2D eigenvalue weighted by molar-refractivity contribution is 7.89. The normalized spacial score (nSPS) is 16.1. The zero-order valence-electron chi connectivity index (χ0n) is 14.6. The topological polar surface area (TPSA) is 84.0 Å². The van der Waals surface area contributed by atoms with Gasteiger partial charge in [-0.1, -0.05) is 12.8 Å². The molecule has 25 heavy (non-hydrogen) atoms. The fraction of sp³-hybridized carbons (Fsp3) is 0.529. The second-order valence-electron chi connectivity index (χ2n) is 6.21. The summed E-state index contributed by atoms with van der Waals surface area (Å²) in [5.74, 6) is -0.984. The zero-order chi connectivity index (χ0) is 18.4. The standard InChI is InChI=1S/C17H24N2O5S/c1-18(2)16(20)13-24-17(21)14-7-9-15(10-8-14)25(22,23)19-11-5-3-4-6-12-19/h7-10H,3-6,11-13H2,1-2H3. The number of rotatable bonds is 5. The van der Waals surface area contributed by atoms with Crippen molar-refractivity contribution < 1.29 is 22.7 Å². The highest BCUT2D eigenvalue weighted by atomic mass is 32.2. The summed E-state index contributed by atoms with van der Waals surface area (Å²) in [6.45, 7) is 0.706. The highest BCUT2D eigenvalue weighted by Crippen LogP contribution is 2.20. The van der Waals surface area contributed by atoms with E-state index < -0.39 is 16.0 Å². The molecule has 0 saturated carbocycles. The summed E-state index contributed by atoms with van der Waals surface area (Å²) in [6, 6.07) is 5.63. The summed E-state index contributed by atoms with van der Waals surface area (Å²) < 4.78 is 31.8. The molecule has 0 aromatic heterocycles. The van der Waals surface area contributed by atoms with E-state index in [1.54, 1.807) is 14.1 Å². The minimum absolute atomic E-state index is 0.162. The molecular weight excluding hydrogens is 344 g/mol. The lowest BCUT2D eigenvalue weighted by Crippen LogP contribution is -2.32. The predicted octanol–water partition coefficient (Wildman–Crippen LogP) is 1.50. The van der Waals surface area contributed by atoms with Crippen LogP contribution in [0.25, 0.3) is 0 Å². The van der Waals surface area contributed by atoms with E-state index in [9.17, 15) is 18.0 Å². The van der Waals surface area contributed by atoms with Crippen molar-refractivity contribution in [2.75, 3.05) is 33.8 Å². The summed E-state index contributed by atoms with van der Waals surface area (Å²) in [7, 11) is -0.408. The molecule has 0 radical (unpaired) electrons. The van der Waals surface area contributed by atoms with E-state index in [1.165, 1.54) is 33.5 Å². The number of nitrogens with zero attached hydrogens (tertiary/aromatic N) is 2. The van der Waals surface area contributed by atoms with Crippen molar-refractivity contribution in [2.45, 2.75) is 30.6 Å². The fourth-order valence-electron chi connectivity index (χ4n) is 2.53. The summed E-state index contributed by atoms with van der Waals surface area (Å²) in [6.07, 6.45) is 3.82. The lowest BCUT2D eigenvalue weighted by molar-refractivity contribution is -0.131. The maximum absolute atomic E-state index is 12.7. The van der Waals surface area contributed by atoms with Crippen molar-refractivity contribution in [3.05, 3.63) is 29.8 Å². The van der Waals surface area contributed by atoms with E-state index in [0.717, 1.165) is 25.7 Å². The van der Waals surface area contributed by atoms with E-state index in [-0.39, 0.29) is 23.0 Å². The number of likely N-dealkylation sites (N-methyl/N-ethyl adjacent to an activating group) is 1. The van der Waals surface area contributed by atoms with E-state index in [1.807, 2.05) is 0 Å².